The van der Waals surface area contributed by atoms with Gasteiger partial charge in [-0.3, -0.25) is 0 Å². The summed E-state index contributed by atoms with van der Waals surface area (Å²) in [6, 6.07) is 28.9. The van der Waals surface area contributed by atoms with Crippen LogP contribution in [0.25, 0.3) is 33.4 Å². The summed E-state index contributed by atoms with van der Waals surface area (Å²) in [5.41, 5.74) is 9.76. The zero-order valence-electron chi connectivity index (χ0n) is 17.0. The van der Waals surface area contributed by atoms with Crippen LogP contribution in [0.4, 0.5) is 4.39 Å². The molecule has 0 heterocycles. The van der Waals surface area contributed by atoms with Crippen LogP contribution in [0.15, 0.2) is 84.9 Å². The molecule has 0 unspecified atom stereocenters. The average Bonchev–Trinajstić information content (AvgIpc) is 2.98. The smallest absolute Gasteiger partial charge is 0.127 e. The first-order chi connectivity index (χ1) is 14.0. The van der Waals surface area contributed by atoms with Gasteiger partial charge in [-0.1, -0.05) is 86.6 Å². The van der Waals surface area contributed by atoms with Crippen molar-refractivity contribution in [2.45, 2.75) is 26.2 Å². The van der Waals surface area contributed by atoms with Crippen LogP contribution in [0, 0.1) is 12.7 Å². The lowest BCUT2D eigenvalue weighted by Crippen LogP contribution is -2.14. The minimum absolute atomic E-state index is 0.0621. The summed E-state index contributed by atoms with van der Waals surface area (Å²) in [4.78, 5) is 0. The maximum Gasteiger partial charge on any atom is 0.127 e. The van der Waals surface area contributed by atoms with Gasteiger partial charge in [-0.2, -0.15) is 0 Å². The molecule has 0 saturated heterocycles. The van der Waals surface area contributed by atoms with Crippen molar-refractivity contribution in [3.8, 4) is 33.4 Å². The highest BCUT2D eigenvalue weighted by Gasteiger charge is 2.36. The van der Waals surface area contributed by atoms with Crippen LogP contribution < -0.4 is 0 Å². The average molecular weight is 378 g/mol. The Labute approximate surface area is 171 Å². The van der Waals surface area contributed by atoms with Gasteiger partial charge >= 0.3 is 0 Å². The summed E-state index contributed by atoms with van der Waals surface area (Å²) >= 11 is 0. The SMILES string of the molecule is Cc1c(F)cc(-c2cccc3c2-c2ccccc2C3(C)C)cc1-c1ccccc1. The van der Waals surface area contributed by atoms with E-state index in [2.05, 4.69) is 62.4 Å². The third kappa shape index (κ3) is 2.65. The second kappa shape index (κ2) is 6.42. The lowest BCUT2D eigenvalue weighted by molar-refractivity contribution is 0.619. The normalized spacial score (nSPS) is 13.8. The Morgan fingerprint density at radius 1 is 0.621 bits per heavy atom. The van der Waals surface area contributed by atoms with Crippen molar-refractivity contribution in [2.24, 2.45) is 0 Å². The van der Waals surface area contributed by atoms with Gasteiger partial charge in [-0.25, -0.2) is 4.39 Å². The molecule has 142 valence electrons. The Balaban J connectivity index is 1.79. The number of halogens is 1. The van der Waals surface area contributed by atoms with Gasteiger partial charge in [0.2, 0.25) is 0 Å². The quantitative estimate of drug-likeness (QED) is 0.334. The Kier molecular flexibility index (Phi) is 3.96. The summed E-state index contributed by atoms with van der Waals surface area (Å²) in [6.07, 6.45) is 0. The fourth-order valence-corrected chi connectivity index (χ4v) is 4.75. The van der Waals surface area contributed by atoms with Crippen LogP contribution in [0.5, 0.6) is 0 Å². The van der Waals surface area contributed by atoms with Gasteiger partial charge in [0.05, 0.1) is 0 Å². The number of benzene rings is 4. The van der Waals surface area contributed by atoms with E-state index in [0.717, 1.165) is 22.3 Å². The zero-order valence-corrected chi connectivity index (χ0v) is 17.0. The van der Waals surface area contributed by atoms with Crippen LogP contribution in [0.2, 0.25) is 0 Å². The summed E-state index contributed by atoms with van der Waals surface area (Å²) in [5.74, 6) is -0.163. The van der Waals surface area contributed by atoms with Crippen molar-refractivity contribution < 1.29 is 4.39 Å². The molecule has 0 bridgehead atoms. The monoisotopic (exact) mass is 378 g/mol. The van der Waals surface area contributed by atoms with Crippen molar-refractivity contribution in [1.29, 1.82) is 0 Å². The minimum Gasteiger partial charge on any atom is -0.207 e. The van der Waals surface area contributed by atoms with E-state index in [4.69, 9.17) is 0 Å². The maximum atomic E-state index is 15.0. The first-order valence-electron chi connectivity index (χ1n) is 10.1. The molecule has 0 atom stereocenters. The first kappa shape index (κ1) is 17.9. The van der Waals surface area contributed by atoms with Crippen molar-refractivity contribution in [3.05, 3.63) is 107 Å². The second-order valence-corrected chi connectivity index (χ2v) is 8.40. The molecule has 1 aliphatic carbocycles. The van der Waals surface area contributed by atoms with Gasteiger partial charge < -0.3 is 0 Å². The highest BCUT2D eigenvalue weighted by molar-refractivity contribution is 5.93. The van der Waals surface area contributed by atoms with E-state index >= 15 is 4.39 Å². The number of hydrogen-bond donors (Lipinski definition) is 0. The molecule has 0 spiro atoms. The van der Waals surface area contributed by atoms with E-state index in [-0.39, 0.29) is 11.2 Å². The van der Waals surface area contributed by atoms with Crippen LogP contribution in [0.1, 0.15) is 30.5 Å². The standard InChI is InChI=1S/C28H23F/c1-18-23(19-10-5-4-6-11-19)16-20(17-26(18)29)21-13-9-15-25-27(21)22-12-7-8-14-24(22)28(25,2)3/h4-17H,1-3H3. The van der Waals surface area contributed by atoms with Crippen molar-refractivity contribution in [1.82, 2.24) is 0 Å². The van der Waals surface area contributed by atoms with E-state index in [0.29, 0.717) is 5.56 Å². The number of fused-ring (bicyclic) bond motifs is 3. The predicted octanol–water partition coefficient (Wildman–Crippen LogP) is 7.77. The van der Waals surface area contributed by atoms with E-state index in [9.17, 15) is 0 Å². The number of rotatable bonds is 2. The Bertz CT molecular complexity index is 1230. The summed E-state index contributed by atoms with van der Waals surface area (Å²) in [5, 5.41) is 0. The van der Waals surface area contributed by atoms with Crippen molar-refractivity contribution >= 4 is 0 Å². The van der Waals surface area contributed by atoms with Gasteiger partial charge in [-0.15, -0.1) is 0 Å². The van der Waals surface area contributed by atoms with E-state index < -0.39 is 0 Å². The molecule has 1 aliphatic rings. The van der Waals surface area contributed by atoms with Gasteiger partial charge in [0.25, 0.3) is 0 Å². The fourth-order valence-electron chi connectivity index (χ4n) is 4.75. The Morgan fingerprint density at radius 3 is 2.07 bits per heavy atom. The van der Waals surface area contributed by atoms with Gasteiger partial charge in [-0.05, 0) is 69.1 Å². The largest absolute Gasteiger partial charge is 0.207 e. The fraction of sp³-hybridized carbons (Fsp3) is 0.143. The molecule has 4 aromatic carbocycles. The molecule has 0 aromatic heterocycles. The second-order valence-electron chi connectivity index (χ2n) is 8.40. The molecule has 0 saturated carbocycles. The highest BCUT2D eigenvalue weighted by Crippen LogP contribution is 2.52. The summed E-state index contributed by atoms with van der Waals surface area (Å²) in [7, 11) is 0. The minimum atomic E-state index is -0.163. The third-order valence-corrected chi connectivity index (χ3v) is 6.35. The molecular formula is C28H23F. The zero-order chi connectivity index (χ0) is 20.2. The van der Waals surface area contributed by atoms with Gasteiger partial charge in [0, 0.05) is 5.41 Å². The summed E-state index contributed by atoms with van der Waals surface area (Å²) in [6.45, 7) is 6.40. The molecule has 0 nitrogen and oxygen atoms in total. The van der Waals surface area contributed by atoms with Gasteiger partial charge in [0.1, 0.15) is 5.82 Å². The topological polar surface area (TPSA) is 0 Å². The highest BCUT2D eigenvalue weighted by atomic mass is 19.1. The molecule has 5 rings (SSSR count). The van der Waals surface area contributed by atoms with Crippen LogP contribution >= 0.6 is 0 Å². The maximum absolute atomic E-state index is 15.0. The molecule has 0 radical (unpaired) electrons. The lowest BCUT2D eigenvalue weighted by atomic mass is 9.82. The van der Waals surface area contributed by atoms with Crippen molar-refractivity contribution in [3.63, 3.8) is 0 Å². The van der Waals surface area contributed by atoms with Gasteiger partial charge in [0.15, 0.2) is 0 Å². The molecule has 0 amide bonds. The number of hydrogen-bond acceptors (Lipinski definition) is 0. The van der Waals surface area contributed by atoms with Crippen molar-refractivity contribution in [2.75, 3.05) is 0 Å². The van der Waals surface area contributed by atoms with E-state index in [1.54, 1.807) is 6.07 Å². The lowest BCUT2D eigenvalue weighted by Gasteiger charge is -2.21. The predicted molar refractivity (Wildman–Crippen MR) is 120 cm³/mol. The third-order valence-electron chi connectivity index (χ3n) is 6.35. The first-order valence-corrected chi connectivity index (χ1v) is 10.1. The van der Waals surface area contributed by atoms with E-state index in [1.165, 1.54) is 22.3 Å². The Hall–Kier alpha value is -3.19. The molecule has 0 aliphatic heterocycles. The van der Waals surface area contributed by atoms with Crippen LogP contribution in [-0.2, 0) is 5.41 Å². The molecule has 1 heteroatoms. The molecule has 29 heavy (non-hydrogen) atoms. The van der Waals surface area contributed by atoms with Crippen LogP contribution in [-0.4, -0.2) is 0 Å². The molecule has 0 N–H and O–H groups in total. The molecule has 4 aromatic rings. The summed E-state index contributed by atoms with van der Waals surface area (Å²) < 4.78 is 15.0. The molecule has 0 fully saturated rings. The van der Waals surface area contributed by atoms with E-state index in [1.807, 2.05) is 37.3 Å². The van der Waals surface area contributed by atoms with Crippen LogP contribution in [0.3, 0.4) is 0 Å². The Morgan fingerprint density at radius 2 is 1.28 bits per heavy atom. The molecular weight excluding hydrogens is 355 g/mol.